The first-order valence-corrected chi connectivity index (χ1v) is 10.3. The van der Waals surface area contributed by atoms with Crippen LogP contribution < -0.4 is 0 Å². The van der Waals surface area contributed by atoms with Crippen LogP contribution in [0.4, 0.5) is 0 Å². The standard InChI is InChI=1S/C21H24N4OS/c1-2-24-5-7-25(8-6-24)14-20(26)11-19-10-18-9-16(21-13-22-15-27-21)3-4-17(18)12-23-19/h3-4,9-10,12-13,15H,2,5-8,11,14H2,1H3. The highest BCUT2D eigenvalue weighted by Gasteiger charge is 2.18. The van der Waals surface area contributed by atoms with Gasteiger partial charge in [0.2, 0.25) is 0 Å². The number of carbonyl (C=O) groups is 1. The van der Waals surface area contributed by atoms with E-state index >= 15 is 0 Å². The smallest absolute Gasteiger partial charge is 0.152 e. The van der Waals surface area contributed by atoms with Crippen molar-refractivity contribution < 1.29 is 4.79 Å². The molecule has 0 amide bonds. The summed E-state index contributed by atoms with van der Waals surface area (Å²) in [6.07, 6.45) is 4.15. The van der Waals surface area contributed by atoms with E-state index in [1.165, 1.54) is 0 Å². The third-order valence-corrected chi connectivity index (χ3v) is 6.01. The molecule has 0 N–H and O–H groups in total. The summed E-state index contributed by atoms with van der Waals surface area (Å²) in [5, 5.41) is 2.21. The molecule has 3 aromatic rings. The van der Waals surface area contributed by atoms with Gasteiger partial charge in [-0.05, 0) is 29.6 Å². The third kappa shape index (κ3) is 4.40. The Morgan fingerprint density at radius 2 is 1.89 bits per heavy atom. The van der Waals surface area contributed by atoms with Gasteiger partial charge in [0.15, 0.2) is 5.78 Å². The second kappa shape index (κ2) is 8.25. The van der Waals surface area contributed by atoms with Gasteiger partial charge in [0, 0.05) is 49.7 Å². The Morgan fingerprint density at radius 1 is 1.07 bits per heavy atom. The molecule has 0 spiro atoms. The van der Waals surface area contributed by atoms with Crippen molar-refractivity contribution in [2.45, 2.75) is 13.3 Å². The predicted octanol–water partition coefficient (Wildman–Crippen LogP) is 3.11. The molecule has 4 rings (SSSR count). The van der Waals surface area contributed by atoms with E-state index in [4.69, 9.17) is 0 Å². The number of fused-ring (bicyclic) bond motifs is 1. The first-order chi connectivity index (χ1) is 13.2. The van der Waals surface area contributed by atoms with E-state index in [0.29, 0.717) is 13.0 Å². The molecule has 6 heteroatoms. The second-order valence-corrected chi connectivity index (χ2v) is 7.92. The van der Waals surface area contributed by atoms with Crippen molar-refractivity contribution in [2.24, 2.45) is 0 Å². The van der Waals surface area contributed by atoms with Crippen molar-refractivity contribution in [3.05, 3.63) is 47.9 Å². The van der Waals surface area contributed by atoms with Gasteiger partial charge in [0.1, 0.15) is 0 Å². The number of thiazole rings is 1. The van der Waals surface area contributed by atoms with Crippen molar-refractivity contribution >= 4 is 27.9 Å². The quantitative estimate of drug-likeness (QED) is 0.658. The highest BCUT2D eigenvalue weighted by atomic mass is 32.1. The molecule has 0 radical (unpaired) electrons. The fourth-order valence-electron chi connectivity index (χ4n) is 3.57. The van der Waals surface area contributed by atoms with Gasteiger partial charge in [0.25, 0.3) is 0 Å². The van der Waals surface area contributed by atoms with Gasteiger partial charge in [-0.2, -0.15) is 0 Å². The van der Waals surface area contributed by atoms with Crippen molar-refractivity contribution in [1.82, 2.24) is 19.8 Å². The van der Waals surface area contributed by atoms with Gasteiger partial charge in [-0.25, -0.2) is 0 Å². The molecule has 1 fully saturated rings. The van der Waals surface area contributed by atoms with Crippen LogP contribution in [-0.4, -0.2) is 64.8 Å². The average molecular weight is 381 g/mol. The maximum absolute atomic E-state index is 12.5. The summed E-state index contributed by atoms with van der Waals surface area (Å²) in [6, 6.07) is 8.38. The van der Waals surface area contributed by atoms with Gasteiger partial charge in [0.05, 0.1) is 23.4 Å². The zero-order chi connectivity index (χ0) is 18.6. The fraction of sp³-hybridized carbons (Fsp3) is 0.381. The number of rotatable bonds is 6. The second-order valence-electron chi connectivity index (χ2n) is 7.03. The first-order valence-electron chi connectivity index (χ1n) is 9.45. The van der Waals surface area contributed by atoms with Crippen molar-refractivity contribution in [2.75, 3.05) is 39.3 Å². The van der Waals surface area contributed by atoms with Crippen LogP contribution in [0.3, 0.4) is 0 Å². The predicted molar refractivity (Wildman–Crippen MR) is 110 cm³/mol. The summed E-state index contributed by atoms with van der Waals surface area (Å²) in [4.78, 5) is 27.0. The molecule has 0 bridgehead atoms. The number of Topliss-reactive ketones (excluding diaryl/α,β-unsaturated/α-hetero) is 1. The number of nitrogens with zero attached hydrogens (tertiary/aromatic N) is 4. The Bertz CT molecular complexity index is 917. The highest BCUT2D eigenvalue weighted by Crippen LogP contribution is 2.27. The molecule has 1 aliphatic rings. The lowest BCUT2D eigenvalue weighted by Crippen LogP contribution is -2.47. The fourth-order valence-corrected chi connectivity index (χ4v) is 4.19. The number of hydrogen-bond donors (Lipinski definition) is 0. The molecule has 1 aromatic carbocycles. The molecule has 1 saturated heterocycles. The molecule has 140 valence electrons. The van der Waals surface area contributed by atoms with Crippen LogP contribution in [0.15, 0.2) is 42.2 Å². The monoisotopic (exact) mass is 380 g/mol. The van der Waals surface area contributed by atoms with E-state index in [1.807, 2.05) is 24.0 Å². The first kappa shape index (κ1) is 18.2. The van der Waals surface area contributed by atoms with Gasteiger partial charge >= 0.3 is 0 Å². The molecule has 1 aliphatic heterocycles. The van der Waals surface area contributed by atoms with Crippen LogP contribution in [0.5, 0.6) is 0 Å². The van der Waals surface area contributed by atoms with Gasteiger partial charge in [-0.1, -0.05) is 19.1 Å². The van der Waals surface area contributed by atoms with E-state index in [9.17, 15) is 4.79 Å². The van der Waals surface area contributed by atoms with Crippen molar-refractivity contribution in [1.29, 1.82) is 0 Å². The van der Waals surface area contributed by atoms with Crippen LogP contribution in [-0.2, 0) is 11.2 Å². The lowest BCUT2D eigenvalue weighted by atomic mass is 10.1. The molecule has 3 heterocycles. The zero-order valence-corrected chi connectivity index (χ0v) is 16.4. The van der Waals surface area contributed by atoms with E-state index < -0.39 is 0 Å². The number of likely N-dealkylation sites (N-methyl/N-ethyl adjacent to an activating group) is 1. The Kier molecular flexibility index (Phi) is 5.57. The lowest BCUT2D eigenvalue weighted by Gasteiger charge is -2.33. The highest BCUT2D eigenvalue weighted by molar-refractivity contribution is 7.13. The Morgan fingerprint density at radius 3 is 2.63 bits per heavy atom. The minimum absolute atomic E-state index is 0.241. The molecule has 27 heavy (non-hydrogen) atoms. The third-order valence-electron chi connectivity index (χ3n) is 5.19. The number of carbonyl (C=O) groups excluding carboxylic acids is 1. The van der Waals surface area contributed by atoms with Crippen molar-refractivity contribution in [3.8, 4) is 10.4 Å². The molecule has 5 nitrogen and oxygen atoms in total. The molecule has 2 aromatic heterocycles. The lowest BCUT2D eigenvalue weighted by molar-refractivity contribution is -0.120. The summed E-state index contributed by atoms with van der Waals surface area (Å²) in [5.74, 6) is 0.241. The van der Waals surface area contributed by atoms with Crippen LogP contribution >= 0.6 is 11.3 Å². The topological polar surface area (TPSA) is 49.3 Å². The molecular weight excluding hydrogens is 356 g/mol. The minimum Gasteiger partial charge on any atom is -0.301 e. The molecule has 0 unspecified atom stereocenters. The Hall–Kier alpha value is -2.15. The van der Waals surface area contributed by atoms with Crippen LogP contribution in [0, 0.1) is 0 Å². The van der Waals surface area contributed by atoms with Crippen LogP contribution in [0.25, 0.3) is 21.2 Å². The minimum atomic E-state index is 0.241. The van der Waals surface area contributed by atoms with Crippen LogP contribution in [0.1, 0.15) is 12.6 Å². The maximum atomic E-state index is 12.5. The van der Waals surface area contributed by atoms with E-state index in [0.717, 1.165) is 59.6 Å². The Balaban J connectivity index is 1.43. The summed E-state index contributed by atoms with van der Waals surface area (Å²) in [5.41, 5.74) is 3.85. The van der Waals surface area contributed by atoms with Gasteiger partial charge in [-0.15, -0.1) is 11.3 Å². The summed E-state index contributed by atoms with van der Waals surface area (Å²) < 4.78 is 0. The van der Waals surface area contributed by atoms with E-state index in [-0.39, 0.29) is 5.78 Å². The largest absolute Gasteiger partial charge is 0.301 e. The number of benzene rings is 1. The van der Waals surface area contributed by atoms with E-state index in [1.54, 1.807) is 11.3 Å². The van der Waals surface area contributed by atoms with Gasteiger partial charge in [-0.3, -0.25) is 19.7 Å². The normalized spacial score (nSPS) is 16.0. The van der Waals surface area contributed by atoms with Gasteiger partial charge < -0.3 is 4.90 Å². The molecule has 0 saturated carbocycles. The van der Waals surface area contributed by atoms with Crippen molar-refractivity contribution in [3.63, 3.8) is 0 Å². The zero-order valence-electron chi connectivity index (χ0n) is 15.6. The van der Waals surface area contributed by atoms with E-state index in [2.05, 4.69) is 44.9 Å². The number of piperazine rings is 1. The number of ketones is 1. The summed E-state index contributed by atoms with van der Waals surface area (Å²) >= 11 is 1.63. The average Bonchev–Trinajstić information content (AvgIpc) is 3.23. The maximum Gasteiger partial charge on any atom is 0.152 e. The summed E-state index contributed by atoms with van der Waals surface area (Å²) in [6.45, 7) is 7.86. The Labute approximate surface area is 163 Å². The number of hydrogen-bond acceptors (Lipinski definition) is 6. The summed E-state index contributed by atoms with van der Waals surface area (Å²) in [7, 11) is 0. The number of pyridine rings is 1. The van der Waals surface area contributed by atoms with Crippen LogP contribution in [0.2, 0.25) is 0 Å². The molecule has 0 aliphatic carbocycles. The molecular formula is C21H24N4OS. The number of aromatic nitrogens is 2. The molecule has 0 atom stereocenters. The SMILES string of the molecule is CCN1CCN(CC(=O)Cc2cc3cc(-c4cncs4)ccc3cn2)CC1.